The van der Waals surface area contributed by atoms with Crippen LogP contribution in [0.2, 0.25) is 0 Å². The number of aromatic nitrogens is 1. The van der Waals surface area contributed by atoms with Crippen LogP contribution in [-0.2, 0) is 11.3 Å². The van der Waals surface area contributed by atoms with Crippen molar-refractivity contribution in [2.75, 3.05) is 20.1 Å². The minimum absolute atomic E-state index is 0. The molecule has 0 aliphatic carbocycles. The number of carbonyl (C=O) groups is 1. The summed E-state index contributed by atoms with van der Waals surface area (Å²) >= 11 is 0. The third-order valence-electron chi connectivity index (χ3n) is 3.79. The molecule has 0 saturated carbocycles. The molecular weight excluding hydrogens is 309 g/mol. The van der Waals surface area contributed by atoms with E-state index < -0.39 is 0 Å². The maximum Gasteiger partial charge on any atom is 0.222 e. The van der Waals surface area contributed by atoms with Gasteiger partial charge in [-0.3, -0.25) is 9.78 Å². The first-order valence-corrected chi connectivity index (χ1v) is 7.09. The summed E-state index contributed by atoms with van der Waals surface area (Å²) in [7, 11) is 1.87. The summed E-state index contributed by atoms with van der Waals surface area (Å²) in [4.78, 5) is 18.0. The van der Waals surface area contributed by atoms with E-state index in [1.165, 1.54) is 12.8 Å². The Kier molecular flexibility index (Phi) is 10.4. The number of halogens is 2. The second kappa shape index (κ2) is 10.8. The van der Waals surface area contributed by atoms with Crippen LogP contribution in [0.5, 0.6) is 0 Å². The van der Waals surface area contributed by atoms with Crippen LogP contribution in [0.4, 0.5) is 0 Å². The van der Waals surface area contributed by atoms with Gasteiger partial charge in [0, 0.05) is 32.4 Å². The highest BCUT2D eigenvalue weighted by Crippen LogP contribution is 2.18. The van der Waals surface area contributed by atoms with Gasteiger partial charge in [-0.15, -0.1) is 24.8 Å². The van der Waals surface area contributed by atoms with Crippen LogP contribution in [0.1, 0.15) is 31.2 Å². The third-order valence-corrected chi connectivity index (χ3v) is 3.79. The van der Waals surface area contributed by atoms with Crippen LogP contribution in [-0.4, -0.2) is 35.9 Å². The van der Waals surface area contributed by atoms with Crippen molar-refractivity contribution >= 4 is 30.7 Å². The van der Waals surface area contributed by atoms with Crippen molar-refractivity contribution in [2.45, 2.75) is 32.2 Å². The first kappa shape index (κ1) is 20.2. The zero-order valence-corrected chi connectivity index (χ0v) is 14.1. The fourth-order valence-corrected chi connectivity index (χ4v) is 2.54. The smallest absolute Gasteiger partial charge is 0.222 e. The van der Waals surface area contributed by atoms with E-state index in [2.05, 4.69) is 10.3 Å². The number of carbonyl (C=O) groups excluding carboxylic acids is 1. The molecule has 1 N–H and O–H groups in total. The van der Waals surface area contributed by atoms with Gasteiger partial charge in [0.1, 0.15) is 0 Å². The molecule has 1 amide bonds. The van der Waals surface area contributed by atoms with Crippen molar-refractivity contribution in [2.24, 2.45) is 5.92 Å². The minimum Gasteiger partial charge on any atom is -0.341 e. The standard InChI is InChI=1S/C15H23N3O.2ClH/c1-18(12-14-3-2-8-17-11-14)15(19)5-4-13-6-9-16-10-7-13;;/h2-3,8,11,13,16H,4-7,9-10,12H2,1H3;2*1H. The SMILES string of the molecule is CN(Cc1cccnc1)C(=O)CCC1CCNCC1.Cl.Cl. The summed E-state index contributed by atoms with van der Waals surface area (Å²) < 4.78 is 0. The van der Waals surface area contributed by atoms with Gasteiger partial charge in [0.05, 0.1) is 0 Å². The molecule has 0 bridgehead atoms. The Morgan fingerprint density at radius 1 is 1.38 bits per heavy atom. The Labute approximate surface area is 139 Å². The lowest BCUT2D eigenvalue weighted by Gasteiger charge is -2.23. The molecule has 6 heteroatoms. The number of rotatable bonds is 5. The molecule has 1 aromatic rings. The van der Waals surface area contributed by atoms with E-state index in [1.54, 1.807) is 11.1 Å². The maximum atomic E-state index is 12.1. The zero-order chi connectivity index (χ0) is 13.5. The van der Waals surface area contributed by atoms with Crippen molar-refractivity contribution in [3.63, 3.8) is 0 Å². The molecule has 0 aromatic carbocycles. The van der Waals surface area contributed by atoms with Gasteiger partial charge >= 0.3 is 0 Å². The second-order valence-electron chi connectivity index (χ2n) is 5.34. The molecule has 0 unspecified atom stereocenters. The summed E-state index contributed by atoms with van der Waals surface area (Å²) in [6, 6.07) is 3.91. The highest BCUT2D eigenvalue weighted by Gasteiger charge is 2.16. The lowest BCUT2D eigenvalue weighted by Crippen LogP contribution is -2.30. The van der Waals surface area contributed by atoms with Crippen molar-refractivity contribution < 1.29 is 4.79 Å². The molecule has 1 fully saturated rings. The van der Waals surface area contributed by atoms with E-state index in [0.717, 1.165) is 31.0 Å². The number of piperidine rings is 1. The number of nitrogens with zero attached hydrogens (tertiary/aromatic N) is 2. The highest BCUT2D eigenvalue weighted by atomic mass is 35.5. The first-order valence-electron chi connectivity index (χ1n) is 7.09. The van der Waals surface area contributed by atoms with Crippen LogP contribution in [0, 0.1) is 5.92 Å². The van der Waals surface area contributed by atoms with Gasteiger partial charge in [0.2, 0.25) is 5.91 Å². The van der Waals surface area contributed by atoms with Crippen molar-refractivity contribution in [1.82, 2.24) is 15.2 Å². The quantitative estimate of drug-likeness (QED) is 0.900. The van der Waals surface area contributed by atoms with Crippen molar-refractivity contribution in [3.8, 4) is 0 Å². The highest BCUT2D eigenvalue weighted by molar-refractivity contribution is 5.85. The van der Waals surface area contributed by atoms with Crippen LogP contribution in [0.3, 0.4) is 0 Å². The molecule has 1 aliphatic heterocycles. The van der Waals surface area contributed by atoms with Gasteiger partial charge in [0.25, 0.3) is 0 Å². The zero-order valence-electron chi connectivity index (χ0n) is 12.5. The Bertz CT molecular complexity index is 397. The van der Waals surface area contributed by atoms with Gasteiger partial charge < -0.3 is 10.2 Å². The minimum atomic E-state index is 0. The predicted octanol–water partition coefficient (Wildman–Crippen LogP) is 2.66. The molecule has 2 heterocycles. The van der Waals surface area contributed by atoms with Crippen LogP contribution < -0.4 is 5.32 Å². The average Bonchev–Trinajstić information content (AvgIpc) is 2.47. The Hall–Kier alpha value is -0.840. The first-order chi connectivity index (χ1) is 9.25. The Balaban J connectivity index is 0.00000200. The number of nitrogens with one attached hydrogen (secondary N) is 1. The fourth-order valence-electron chi connectivity index (χ4n) is 2.54. The monoisotopic (exact) mass is 333 g/mol. The largest absolute Gasteiger partial charge is 0.341 e. The topological polar surface area (TPSA) is 45.2 Å². The second-order valence-corrected chi connectivity index (χ2v) is 5.34. The summed E-state index contributed by atoms with van der Waals surface area (Å²) in [6.45, 7) is 2.85. The van der Waals surface area contributed by atoms with E-state index in [4.69, 9.17) is 0 Å². The molecular formula is C15H25Cl2N3O. The lowest BCUT2D eigenvalue weighted by atomic mass is 9.93. The van der Waals surface area contributed by atoms with Gasteiger partial charge in [-0.2, -0.15) is 0 Å². The molecule has 0 atom stereocenters. The lowest BCUT2D eigenvalue weighted by molar-refractivity contribution is -0.130. The molecule has 120 valence electrons. The summed E-state index contributed by atoms with van der Waals surface area (Å²) in [6.07, 6.45) is 7.68. The summed E-state index contributed by atoms with van der Waals surface area (Å²) in [5.74, 6) is 0.958. The Morgan fingerprint density at radius 2 is 2.10 bits per heavy atom. The van der Waals surface area contributed by atoms with Crippen LogP contribution >= 0.6 is 24.8 Å². The van der Waals surface area contributed by atoms with Gasteiger partial charge in [-0.1, -0.05) is 6.07 Å². The van der Waals surface area contributed by atoms with Crippen molar-refractivity contribution in [1.29, 1.82) is 0 Å². The number of amides is 1. The molecule has 1 aliphatic rings. The Morgan fingerprint density at radius 3 is 2.71 bits per heavy atom. The van der Waals surface area contributed by atoms with Crippen molar-refractivity contribution in [3.05, 3.63) is 30.1 Å². The van der Waals surface area contributed by atoms with Crippen LogP contribution in [0.25, 0.3) is 0 Å². The molecule has 1 aromatic heterocycles. The summed E-state index contributed by atoms with van der Waals surface area (Å²) in [5, 5.41) is 3.36. The average molecular weight is 334 g/mol. The number of hydrogen-bond donors (Lipinski definition) is 1. The number of pyridine rings is 1. The van der Waals surface area contributed by atoms with Gasteiger partial charge in [0.15, 0.2) is 0 Å². The van der Waals surface area contributed by atoms with Crippen LogP contribution in [0.15, 0.2) is 24.5 Å². The molecule has 4 nitrogen and oxygen atoms in total. The normalized spacial score (nSPS) is 14.7. The van der Waals surface area contributed by atoms with E-state index in [1.807, 2.05) is 25.4 Å². The molecule has 1 saturated heterocycles. The molecule has 0 radical (unpaired) electrons. The third kappa shape index (κ3) is 7.11. The van der Waals surface area contributed by atoms with E-state index in [0.29, 0.717) is 13.0 Å². The molecule has 21 heavy (non-hydrogen) atoms. The van der Waals surface area contributed by atoms with E-state index in [9.17, 15) is 4.79 Å². The number of hydrogen-bond acceptors (Lipinski definition) is 3. The summed E-state index contributed by atoms with van der Waals surface area (Å²) in [5.41, 5.74) is 1.08. The van der Waals surface area contributed by atoms with E-state index in [-0.39, 0.29) is 30.7 Å². The molecule has 0 spiro atoms. The predicted molar refractivity (Wildman–Crippen MR) is 90.0 cm³/mol. The maximum absolute atomic E-state index is 12.1. The van der Waals surface area contributed by atoms with E-state index >= 15 is 0 Å². The fraction of sp³-hybridized carbons (Fsp3) is 0.600. The molecule has 2 rings (SSSR count). The van der Waals surface area contributed by atoms with Gasteiger partial charge in [-0.25, -0.2) is 0 Å². The van der Waals surface area contributed by atoms with Gasteiger partial charge in [-0.05, 0) is 49.9 Å².